The van der Waals surface area contributed by atoms with Crippen molar-refractivity contribution in [2.45, 2.75) is 18.6 Å². The zero-order valence-electron chi connectivity index (χ0n) is 15.0. The summed E-state index contributed by atoms with van der Waals surface area (Å²) in [6.45, 7) is 0. The maximum atomic E-state index is 12.2. The number of rotatable bonds is 8. The monoisotopic (exact) mass is 434 g/mol. The lowest BCUT2D eigenvalue weighted by atomic mass is 10.2. The normalized spacial score (nSPS) is 11.3. The molecule has 0 atom stereocenters. The summed E-state index contributed by atoms with van der Waals surface area (Å²) in [7, 11) is -3.24. The molecule has 0 aliphatic heterocycles. The van der Waals surface area contributed by atoms with Gasteiger partial charge in [-0.25, -0.2) is 13.4 Å². The molecule has 28 heavy (non-hydrogen) atoms. The Labute approximate surface area is 173 Å². The van der Waals surface area contributed by atoms with Gasteiger partial charge in [0.25, 0.3) is 0 Å². The van der Waals surface area contributed by atoms with Crippen LogP contribution in [0.4, 0.5) is 5.13 Å². The number of hydrogen-bond donors (Lipinski definition) is 1. The molecule has 1 heterocycles. The fourth-order valence-corrected chi connectivity index (χ4v) is 4.91. The topological polar surface area (TPSA) is 76.1 Å². The molecule has 0 bridgehead atoms. The molecule has 0 saturated heterocycles. The number of carbonyl (C=O) groups excluding carboxylic acids is 1. The molecule has 3 aromatic rings. The lowest BCUT2D eigenvalue weighted by Gasteiger charge is -2.05. The number of anilines is 1. The SMILES string of the molecule is O=C(CCCS(=O)(=O)Cc1ccccc1)Nc1nc(-c2ccc(Cl)cc2)cs1. The number of aromatic nitrogens is 1. The van der Waals surface area contributed by atoms with Crippen molar-refractivity contribution in [3.05, 3.63) is 70.6 Å². The third-order valence-corrected chi connectivity index (χ3v) is 6.67. The fraction of sp³-hybridized carbons (Fsp3) is 0.200. The molecular weight excluding hydrogens is 416 g/mol. The number of hydrogen-bond acceptors (Lipinski definition) is 5. The summed E-state index contributed by atoms with van der Waals surface area (Å²) in [6, 6.07) is 16.3. The summed E-state index contributed by atoms with van der Waals surface area (Å²) in [5.74, 6) is -0.276. The lowest BCUT2D eigenvalue weighted by molar-refractivity contribution is -0.116. The van der Waals surface area contributed by atoms with Gasteiger partial charge in [0.15, 0.2) is 15.0 Å². The first kappa shape index (κ1) is 20.5. The van der Waals surface area contributed by atoms with Gasteiger partial charge in [-0.15, -0.1) is 11.3 Å². The van der Waals surface area contributed by atoms with E-state index in [0.717, 1.165) is 16.8 Å². The summed E-state index contributed by atoms with van der Waals surface area (Å²) in [5.41, 5.74) is 2.42. The first-order valence-corrected chi connectivity index (χ1v) is 11.7. The Morgan fingerprint density at radius 3 is 2.50 bits per heavy atom. The van der Waals surface area contributed by atoms with E-state index in [0.29, 0.717) is 10.2 Å². The maximum Gasteiger partial charge on any atom is 0.226 e. The Morgan fingerprint density at radius 2 is 1.79 bits per heavy atom. The van der Waals surface area contributed by atoms with E-state index in [1.165, 1.54) is 11.3 Å². The van der Waals surface area contributed by atoms with E-state index in [1.54, 1.807) is 24.3 Å². The van der Waals surface area contributed by atoms with Gasteiger partial charge in [-0.3, -0.25) is 4.79 Å². The average molecular weight is 435 g/mol. The number of halogens is 1. The molecular formula is C20H19ClN2O3S2. The van der Waals surface area contributed by atoms with Crippen molar-refractivity contribution in [1.29, 1.82) is 0 Å². The molecule has 0 fully saturated rings. The zero-order chi connectivity index (χ0) is 20.0. The standard InChI is InChI=1S/C20H19ClN2O3S2/c21-17-10-8-16(9-11-17)18-13-27-20(22-18)23-19(24)7-4-12-28(25,26)14-15-5-2-1-3-6-15/h1-3,5-6,8-11,13H,4,7,12,14H2,(H,22,23,24). The van der Waals surface area contributed by atoms with Crippen LogP contribution in [0.15, 0.2) is 60.0 Å². The van der Waals surface area contributed by atoms with Gasteiger partial charge < -0.3 is 5.32 Å². The van der Waals surface area contributed by atoms with Crippen LogP contribution >= 0.6 is 22.9 Å². The minimum absolute atomic E-state index is 0.00755. The van der Waals surface area contributed by atoms with Gasteiger partial charge in [-0.2, -0.15) is 0 Å². The van der Waals surface area contributed by atoms with E-state index in [9.17, 15) is 13.2 Å². The molecule has 0 aliphatic carbocycles. The second kappa shape index (κ2) is 9.32. The Bertz CT molecular complexity index is 1030. The van der Waals surface area contributed by atoms with E-state index in [4.69, 9.17) is 11.6 Å². The number of sulfone groups is 1. The number of thiazole rings is 1. The number of nitrogens with one attached hydrogen (secondary N) is 1. The quantitative estimate of drug-likeness (QED) is 0.552. The molecule has 1 N–H and O–H groups in total. The molecule has 0 spiro atoms. The van der Waals surface area contributed by atoms with Crippen LogP contribution in [-0.4, -0.2) is 25.1 Å². The van der Waals surface area contributed by atoms with Crippen LogP contribution in [0.5, 0.6) is 0 Å². The van der Waals surface area contributed by atoms with E-state index in [2.05, 4.69) is 10.3 Å². The van der Waals surface area contributed by atoms with Crippen LogP contribution in [0.25, 0.3) is 11.3 Å². The summed E-state index contributed by atoms with van der Waals surface area (Å²) < 4.78 is 24.3. The van der Waals surface area contributed by atoms with Crippen LogP contribution < -0.4 is 5.32 Å². The summed E-state index contributed by atoms with van der Waals surface area (Å²) >= 11 is 7.20. The van der Waals surface area contributed by atoms with Crippen LogP contribution in [0, 0.1) is 0 Å². The van der Waals surface area contributed by atoms with Crippen LogP contribution in [0.1, 0.15) is 18.4 Å². The molecule has 0 radical (unpaired) electrons. The largest absolute Gasteiger partial charge is 0.302 e. The molecule has 5 nitrogen and oxygen atoms in total. The van der Waals surface area contributed by atoms with Crippen LogP contribution in [0.2, 0.25) is 5.02 Å². The van der Waals surface area contributed by atoms with Crippen molar-refractivity contribution in [2.75, 3.05) is 11.1 Å². The maximum absolute atomic E-state index is 12.2. The van der Waals surface area contributed by atoms with E-state index in [-0.39, 0.29) is 30.3 Å². The predicted octanol–water partition coefficient (Wildman–Crippen LogP) is 4.80. The number of benzene rings is 2. The van der Waals surface area contributed by atoms with Gasteiger partial charge >= 0.3 is 0 Å². The number of carbonyl (C=O) groups is 1. The van der Waals surface area contributed by atoms with Gasteiger partial charge in [-0.05, 0) is 24.1 Å². The molecule has 3 rings (SSSR count). The van der Waals surface area contributed by atoms with Crippen molar-refractivity contribution >= 4 is 43.8 Å². The Balaban J connectivity index is 1.47. The summed E-state index contributed by atoms with van der Waals surface area (Å²) in [4.78, 5) is 16.5. The number of nitrogens with zero attached hydrogens (tertiary/aromatic N) is 1. The van der Waals surface area contributed by atoms with E-state index >= 15 is 0 Å². The first-order valence-electron chi connectivity index (χ1n) is 8.67. The van der Waals surface area contributed by atoms with E-state index < -0.39 is 9.84 Å². The summed E-state index contributed by atoms with van der Waals surface area (Å²) in [5, 5.41) is 5.71. The Kier molecular flexibility index (Phi) is 6.83. The van der Waals surface area contributed by atoms with Crippen LogP contribution in [0.3, 0.4) is 0 Å². The second-order valence-corrected chi connectivity index (χ2v) is 9.75. The highest BCUT2D eigenvalue weighted by Gasteiger charge is 2.14. The van der Waals surface area contributed by atoms with E-state index in [1.807, 2.05) is 35.7 Å². The highest BCUT2D eigenvalue weighted by molar-refractivity contribution is 7.90. The van der Waals surface area contributed by atoms with Gasteiger partial charge in [0.2, 0.25) is 5.91 Å². The van der Waals surface area contributed by atoms with Gasteiger partial charge in [0.1, 0.15) is 0 Å². The molecule has 2 aromatic carbocycles. The number of amides is 1. The van der Waals surface area contributed by atoms with Gasteiger partial charge in [-0.1, -0.05) is 54.1 Å². The first-order chi connectivity index (χ1) is 13.4. The van der Waals surface area contributed by atoms with Crippen molar-refractivity contribution < 1.29 is 13.2 Å². The molecule has 0 saturated carbocycles. The Hall–Kier alpha value is -2.22. The molecule has 0 aliphatic rings. The van der Waals surface area contributed by atoms with Gasteiger partial charge in [0, 0.05) is 22.4 Å². The highest BCUT2D eigenvalue weighted by Crippen LogP contribution is 2.26. The molecule has 0 unspecified atom stereocenters. The summed E-state index contributed by atoms with van der Waals surface area (Å²) in [6.07, 6.45) is 0.403. The third kappa shape index (κ3) is 6.15. The lowest BCUT2D eigenvalue weighted by Crippen LogP contribution is -2.15. The van der Waals surface area contributed by atoms with Crippen molar-refractivity contribution in [3.63, 3.8) is 0 Å². The second-order valence-electron chi connectivity index (χ2n) is 6.27. The van der Waals surface area contributed by atoms with Crippen LogP contribution in [-0.2, 0) is 20.4 Å². The van der Waals surface area contributed by atoms with Crippen molar-refractivity contribution in [3.8, 4) is 11.3 Å². The van der Waals surface area contributed by atoms with Crippen molar-refractivity contribution in [1.82, 2.24) is 4.98 Å². The average Bonchev–Trinajstić information content (AvgIpc) is 3.11. The van der Waals surface area contributed by atoms with Gasteiger partial charge in [0.05, 0.1) is 17.2 Å². The Morgan fingerprint density at radius 1 is 1.07 bits per heavy atom. The molecule has 1 amide bonds. The minimum Gasteiger partial charge on any atom is -0.302 e. The molecule has 8 heteroatoms. The smallest absolute Gasteiger partial charge is 0.226 e. The highest BCUT2D eigenvalue weighted by atomic mass is 35.5. The molecule has 146 valence electrons. The fourth-order valence-electron chi connectivity index (χ4n) is 2.62. The molecule has 1 aromatic heterocycles. The minimum atomic E-state index is -3.24. The van der Waals surface area contributed by atoms with Crippen molar-refractivity contribution in [2.24, 2.45) is 0 Å². The predicted molar refractivity (Wildman–Crippen MR) is 114 cm³/mol. The third-order valence-electron chi connectivity index (χ3n) is 3.98. The zero-order valence-corrected chi connectivity index (χ0v) is 17.4.